The lowest BCUT2D eigenvalue weighted by molar-refractivity contribution is -0.0747. The molecule has 1 saturated heterocycles. The van der Waals surface area contributed by atoms with E-state index in [1.807, 2.05) is 13.8 Å². The van der Waals surface area contributed by atoms with E-state index in [9.17, 15) is 14.0 Å². The SMILES string of the molecule is CC[C@]1(C)C[C@@H](F)[C@H](n2ccc(=O)[nH]c2=O)O1. The Morgan fingerprint density at radius 3 is 2.88 bits per heavy atom. The third-order valence-corrected chi connectivity index (χ3v) is 3.21. The van der Waals surface area contributed by atoms with Gasteiger partial charge < -0.3 is 4.74 Å². The van der Waals surface area contributed by atoms with Crippen molar-refractivity contribution in [3.63, 3.8) is 0 Å². The van der Waals surface area contributed by atoms with Crippen molar-refractivity contribution in [2.75, 3.05) is 0 Å². The van der Waals surface area contributed by atoms with Crippen LogP contribution in [0.2, 0.25) is 0 Å². The molecule has 0 bridgehead atoms. The highest BCUT2D eigenvalue weighted by molar-refractivity contribution is 4.93. The van der Waals surface area contributed by atoms with Gasteiger partial charge in [0.2, 0.25) is 0 Å². The molecule has 0 spiro atoms. The summed E-state index contributed by atoms with van der Waals surface area (Å²) in [6.45, 7) is 3.72. The van der Waals surface area contributed by atoms with Crippen LogP contribution >= 0.6 is 0 Å². The van der Waals surface area contributed by atoms with Crippen molar-refractivity contribution < 1.29 is 9.13 Å². The molecule has 0 amide bonds. The van der Waals surface area contributed by atoms with Gasteiger partial charge in [-0.1, -0.05) is 6.92 Å². The van der Waals surface area contributed by atoms with E-state index < -0.39 is 29.2 Å². The van der Waals surface area contributed by atoms with E-state index in [1.54, 1.807) is 0 Å². The van der Waals surface area contributed by atoms with Crippen molar-refractivity contribution in [3.05, 3.63) is 33.1 Å². The van der Waals surface area contributed by atoms with Gasteiger partial charge in [0.25, 0.3) is 5.56 Å². The predicted octanol–water partition coefficient (Wildman–Crippen LogP) is 0.962. The fraction of sp³-hybridized carbons (Fsp3) is 0.636. The standard InChI is InChI=1S/C11H15FN2O3/c1-3-11(2)6-7(12)9(17-11)14-5-4-8(15)13-10(14)16/h4-5,7,9H,3,6H2,1-2H3,(H,13,15,16)/t7-,9-,11-/m1/s1. The number of rotatable bonds is 2. The molecule has 1 N–H and O–H groups in total. The van der Waals surface area contributed by atoms with Crippen LogP contribution in [-0.4, -0.2) is 21.3 Å². The van der Waals surface area contributed by atoms with E-state index in [4.69, 9.17) is 4.74 Å². The average Bonchev–Trinajstić information content (AvgIpc) is 2.55. The molecule has 0 aromatic carbocycles. The molecule has 1 aromatic rings. The predicted molar refractivity (Wildman–Crippen MR) is 59.7 cm³/mol. The van der Waals surface area contributed by atoms with Gasteiger partial charge in [-0.3, -0.25) is 14.3 Å². The maximum absolute atomic E-state index is 13.9. The summed E-state index contributed by atoms with van der Waals surface area (Å²) in [4.78, 5) is 24.5. The third-order valence-electron chi connectivity index (χ3n) is 3.21. The molecule has 0 aliphatic carbocycles. The smallest absolute Gasteiger partial charge is 0.330 e. The zero-order valence-corrected chi connectivity index (χ0v) is 9.77. The summed E-state index contributed by atoms with van der Waals surface area (Å²) in [5.41, 5.74) is -1.71. The largest absolute Gasteiger partial charge is 0.348 e. The van der Waals surface area contributed by atoms with Crippen LogP contribution in [0.25, 0.3) is 0 Å². The molecule has 1 aliphatic rings. The molecule has 94 valence electrons. The second-order valence-corrected chi connectivity index (χ2v) is 4.55. The van der Waals surface area contributed by atoms with E-state index in [1.165, 1.54) is 12.3 Å². The van der Waals surface area contributed by atoms with Crippen molar-refractivity contribution in [2.24, 2.45) is 0 Å². The zero-order valence-electron chi connectivity index (χ0n) is 9.77. The lowest BCUT2D eigenvalue weighted by atomic mass is 9.99. The first-order chi connectivity index (χ1) is 7.95. The first-order valence-electron chi connectivity index (χ1n) is 5.58. The summed E-state index contributed by atoms with van der Waals surface area (Å²) in [5, 5.41) is 0. The number of hydrogen-bond donors (Lipinski definition) is 1. The number of H-pyrrole nitrogens is 1. The van der Waals surface area contributed by atoms with Gasteiger partial charge in [0.15, 0.2) is 6.23 Å². The molecular formula is C11H15FN2O3. The number of nitrogens with zero attached hydrogens (tertiary/aromatic N) is 1. The molecular weight excluding hydrogens is 227 g/mol. The summed E-state index contributed by atoms with van der Waals surface area (Å²) in [6.07, 6.45) is -0.0189. The van der Waals surface area contributed by atoms with Crippen molar-refractivity contribution in [2.45, 2.75) is 44.7 Å². The second kappa shape index (κ2) is 4.10. The van der Waals surface area contributed by atoms with Crippen LogP contribution < -0.4 is 11.2 Å². The molecule has 1 aliphatic heterocycles. The first kappa shape index (κ1) is 12.0. The Balaban J connectivity index is 2.35. The summed E-state index contributed by atoms with van der Waals surface area (Å²) in [6, 6.07) is 1.18. The van der Waals surface area contributed by atoms with Crippen molar-refractivity contribution >= 4 is 0 Å². The number of nitrogens with one attached hydrogen (secondary N) is 1. The normalized spacial score (nSPS) is 32.9. The van der Waals surface area contributed by atoms with Crippen LogP contribution in [0.1, 0.15) is 32.9 Å². The average molecular weight is 242 g/mol. The van der Waals surface area contributed by atoms with Gasteiger partial charge in [-0.05, 0) is 13.3 Å². The van der Waals surface area contributed by atoms with Crippen molar-refractivity contribution in [1.82, 2.24) is 9.55 Å². The molecule has 6 heteroatoms. The molecule has 3 atom stereocenters. The van der Waals surface area contributed by atoms with Gasteiger partial charge in [-0.15, -0.1) is 0 Å². The Morgan fingerprint density at radius 1 is 1.65 bits per heavy atom. The lowest BCUT2D eigenvalue weighted by Gasteiger charge is -2.22. The highest BCUT2D eigenvalue weighted by Gasteiger charge is 2.43. The second-order valence-electron chi connectivity index (χ2n) is 4.55. The Morgan fingerprint density at radius 2 is 2.35 bits per heavy atom. The van der Waals surface area contributed by atoms with Crippen molar-refractivity contribution in [1.29, 1.82) is 0 Å². The van der Waals surface area contributed by atoms with Crippen LogP contribution in [0, 0.1) is 0 Å². The van der Waals surface area contributed by atoms with Gasteiger partial charge in [0.05, 0.1) is 5.60 Å². The van der Waals surface area contributed by atoms with Crippen LogP contribution in [0.3, 0.4) is 0 Å². The number of alkyl halides is 1. The van der Waals surface area contributed by atoms with Crippen LogP contribution in [0.4, 0.5) is 4.39 Å². The Kier molecular flexibility index (Phi) is 2.91. The van der Waals surface area contributed by atoms with Crippen LogP contribution in [0.15, 0.2) is 21.9 Å². The van der Waals surface area contributed by atoms with E-state index in [0.29, 0.717) is 6.42 Å². The third kappa shape index (κ3) is 2.17. The topological polar surface area (TPSA) is 64.1 Å². The summed E-state index contributed by atoms with van der Waals surface area (Å²) < 4.78 is 20.5. The number of aromatic nitrogens is 2. The number of aromatic amines is 1. The van der Waals surface area contributed by atoms with Crippen LogP contribution in [-0.2, 0) is 4.74 Å². The van der Waals surface area contributed by atoms with Gasteiger partial charge in [0.1, 0.15) is 6.17 Å². The quantitative estimate of drug-likeness (QED) is 0.840. The highest BCUT2D eigenvalue weighted by Crippen LogP contribution is 2.39. The minimum absolute atomic E-state index is 0.250. The zero-order chi connectivity index (χ0) is 12.6. The molecule has 2 rings (SSSR count). The molecule has 2 heterocycles. The summed E-state index contributed by atoms with van der Waals surface area (Å²) in [5.74, 6) is 0. The van der Waals surface area contributed by atoms with Gasteiger partial charge in [-0.2, -0.15) is 0 Å². The van der Waals surface area contributed by atoms with Gasteiger partial charge in [-0.25, -0.2) is 9.18 Å². The van der Waals surface area contributed by atoms with E-state index in [0.717, 1.165) is 4.57 Å². The van der Waals surface area contributed by atoms with E-state index >= 15 is 0 Å². The van der Waals surface area contributed by atoms with Crippen LogP contribution in [0.5, 0.6) is 0 Å². The summed E-state index contributed by atoms with van der Waals surface area (Å²) in [7, 11) is 0. The minimum Gasteiger partial charge on any atom is -0.348 e. The molecule has 0 radical (unpaired) electrons. The maximum Gasteiger partial charge on any atom is 0.330 e. The maximum atomic E-state index is 13.9. The minimum atomic E-state index is -1.25. The summed E-state index contributed by atoms with van der Waals surface area (Å²) >= 11 is 0. The van der Waals surface area contributed by atoms with E-state index in [-0.39, 0.29) is 6.42 Å². The molecule has 17 heavy (non-hydrogen) atoms. The first-order valence-corrected chi connectivity index (χ1v) is 5.58. The molecule has 1 aromatic heterocycles. The van der Waals surface area contributed by atoms with Gasteiger partial charge in [0, 0.05) is 18.7 Å². The fourth-order valence-corrected chi connectivity index (χ4v) is 2.01. The fourth-order valence-electron chi connectivity index (χ4n) is 2.01. The number of ether oxygens (including phenoxy) is 1. The highest BCUT2D eigenvalue weighted by atomic mass is 19.1. The Bertz CT molecular complexity index is 524. The molecule has 1 fully saturated rings. The Hall–Kier alpha value is -1.43. The number of halogens is 1. The monoisotopic (exact) mass is 242 g/mol. The lowest BCUT2D eigenvalue weighted by Crippen LogP contribution is -2.34. The van der Waals surface area contributed by atoms with E-state index in [2.05, 4.69) is 4.98 Å². The number of hydrogen-bond acceptors (Lipinski definition) is 3. The van der Waals surface area contributed by atoms with Gasteiger partial charge >= 0.3 is 5.69 Å². The molecule has 5 nitrogen and oxygen atoms in total. The molecule has 0 unspecified atom stereocenters. The van der Waals surface area contributed by atoms with Crippen molar-refractivity contribution in [3.8, 4) is 0 Å². The molecule has 0 saturated carbocycles. The Labute approximate surface area is 97.2 Å².